The van der Waals surface area contributed by atoms with Crippen LogP contribution in [0.2, 0.25) is 10.0 Å². The maximum Gasteiger partial charge on any atom is 0.335 e. The standard InChI is InChI=1S/C26H19Cl2N3O3/c27-19-5-3-6-20(14-19)31-25(33)21(24(32)29-26(31)34)13-16-8-9-23-17(12-16)10-11-30(23)15-18-4-1-2-7-22(18)28/h1-9,12-14H,10-11,15H2,(H,29,32,34). The highest BCUT2D eigenvalue weighted by atomic mass is 35.5. The Labute approximate surface area is 206 Å². The predicted molar refractivity (Wildman–Crippen MR) is 133 cm³/mol. The average Bonchev–Trinajstić information content (AvgIpc) is 3.20. The van der Waals surface area contributed by atoms with Crippen molar-refractivity contribution in [3.63, 3.8) is 0 Å². The normalized spacial score (nSPS) is 16.8. The number of benzene rings is 3. The van der Waals surface area contributed by atoms with Crippen molar-refractivity contribution in [3.8, 4) is 0 Å². The molecule has 1 N–H and O–H groups in total. The van der Waals surface area contributed by atoms with Crippen molar-refractivity contribution in [1.82, 2.24) is 5.32 Å². The number of amides is 4. The van der Waals surface area contributed by atoms with Crippen molar-refractivity contribution in [2.24, 2.45) is 0 Å². The van der Waals surface area contributed by atoms with Crippen LogP contribution >= 0.6 is 23.2 Å². The second-order valence-corrected chi connectivity index (χ2v) is 8.93. The minimum absolute atomic E-state index is 0.120. The fourth-order valence-corrected chi connectivity index (χ4v) is 4.63. The molecule has 170 valence electrons. The number of hydrogen-bond donors (Lipinski definition) is 1. The Morgan fingerprint density at radius 2 is 1.76 bits per heavy atom. The highest BCUT2D eigenvalue weighted by molar-refractivity contribution is 6.39. The third kappa shape index (κ3) is 4.18. The number of nitrogens with zero attached hydrogens (tertiary/aromatic N) is 2. The van der Waals surface area contributed by atoms with Crippen molar-refractivity contribution in [3.05, 3.63) is 99.0 Å². The zero-order chi connectivity index (χ0) is 23.8. The summed E-state index contributed by atoms with van der Waals surface area (Å²) < 4.78 is 0. The SMILES string of the molecule is O=C1NC(=O)N(c2cccc(Cl)c2)C(=O)C1=Cc1ccc2c(c1)CCN2Cc1ccccc1Cl. The molecule has 0 atom stereocenters. The van der Waals surface area contributed by atoms with Gasteiger partial charge in [-0.1, -0.05) is 53.5 Å². The lowest BCUT2D eigenvalue weighted by atomic mass is 10.0. The molecule has 2 heterocycles. The maximum absolute atomic E-state index is 13.1. The minimum atomic E-state index is -0.807. The zero-order valence-corrected chi connectivity index (χ0v) is 19.4. The van der Waals surface area contributed by atoms with Crippen LogP contribution in [0, 0.1) is 0 Å². The number of barbiturate groups is 1. The first-order chi connectivity index (χ1) is 16.4. The molecule has 0 bridgehead atoms. The summed E-state index contributed by atoms with van der Waals surface area (Å²) in [5, 5.41) is 3.34. The minimum Gasteiger partial charge on any atom is -0.367 e. The fraction of sp³-hybridized carbons (Fsp3) is 0.115. The summed E-state index contributed by atoms with van der Waals surface area (Å²) in [7, 11) is 0. The van der Waals surface area contributed by atoms with E-state index < -0.39 is 17.8 Å². The number of carbonyl (C=O) groups is 3. The molecule has 0 aliphatic carbocycles. The quantitative estimate of drug-likeness (QED) is 0.401. The Morgan fingerprint density at radius 1 is 0.941 bits per heavy atom. The Bertz CT molecular complexity index is 1370. The molecule has 0 unspecified atom stereocenters. The van der Waals surface area contributed by atoms with Crippen LogP contribution < -0.4 is 15.1 Å². The van der Waals surface area contributed by atoms with E-state index in [0.29, 0.717) is 17.1 Å². The second-order valence-electron chi connectivity index (χ2n) is 8.09. The summed E-state index contributed by atoms with van der Waals surface area (Å²) in [4.78, 5) is 41.1. The van der Waals surface area contributed by atoms with E-state index in [1.54, 1.807) is 18.2 Å². The molecule has 1 saturated heterocycles. The van der Waals surface area contributed by atoms with Crippen LogP contribution in [-0.4, -0.2) is 24.4 Å². The summed E-state index contributed by atoms with van der Waals surface area (Å²) in [6.45, 7) is 1.54. The number of rotatable bonds is 4. The lowest BCUT2D eigenvalue weighted by Crippen LogP contribution is -2.54. The summed E-state index contributed by atoms with van der Waals surface area (Å²) in [6, 6.07) is 19.1. The topological polar surface area (TPSA) is 69.7 Å². The molecule has 0 aromatic heterocycles. The number of urea groups is 1. The molecule has 3 aromatic rings. The maximum atomic E-state index is 13.1. The van der Waals surface area contributed by atoms with Gasteiger partial charge in [-0.25, -0.2) is 9.69 Å². The first-order valence-corrected chi connectivity index (χ1v) is 11.4. The molecule has 3 aromatic carbocycles. The van der Waals surface area contributed by atoms with E-state index in [1.165, 1.54) is 12.1 Å². The molecule has 5 rings (SSSR count). The van der Waals surface area contributed by atoms with E-state index in [0.717, 1.165) is 39.7 Å². The molecule has 4 amide bonds. The number of halogens is 2. The number of hydrogen-bond acceptors (Lipinski definition) is 4. The van der Waals surface area contributed by atoms with Gasteiger partial charge < -0.3 is 4.90 Å². The van der Waals surface area contributed by atoms with Crippen molar-refractivity contribution < 1.29 is 14.4 Å². The Hall–Kier alpha value is -3.61. The van der Waals surface area contributed by atoms with E-state index in [4.69, 9.17) is 23.2 Å². The molecule has 1 fully saturated rings. The van der Waals surface area contributed by atoms with E-state index in [2.05, 4.69) is 10.2 Å². The number of nitrogens with one attached hydrogen (secondary N) is 1. The smallest absolute Gasteiger partial charge is 0.335 e. The van der Waals surface area contributed by atoms with Crippen molar-refractivity contribution in [2.75, 3.05) is 16.3 Å². The molecule has 0 spiro atoms. The number of carbonyl (C=O) groups excluding carboxylic acids is 3. The molecule has 6 nitrogen and oxygen atoms in total. The van der Waals surface area contributed by atoms with Crippen LogP contribution in [0.4, 0.5) is 16.2 Å². The Kier molecular flexibility index (Phi) is 5.86. The molecule has 2 aliphatic rings. The van der Waals surface area contributed by atoms with Crippen molar-refractivity contribution in [1.29, 1.82) is 0 Å². The molecule has 8 heteroatoms. The molecule has 2 aliphatic heterocycles. The van der Waals surface area contributed by atoms with Crippen molar-refractivity contribution >= 4 is 58.5 Å². The molecular weight excluding hydrogens is 473 g/mol. The first-order valence-electron chi connectivity index (χ1n) is 10.7. The van der Waals surface area contributed by atoms with Crippen LogP contribution in [0.5, 0.6) is 0 Å². The van der Waals surface area contributed by atoms with Gasteiger partial charge in [-0.05, 0) is 65.6 Å². The van der Waals surface area contributed by atoms with Gasteiger partial charge in [0, 0.05) is 28.8 Å². The van der Waals surface area contributed by atoms with Crippen LogP contribution in [-0.2, 0) is 22.6 Å². The van der Waals surface area contributed by atoms with E-state index in [1.807, 2.05) is 42.5 Å². The van der Waals surface area contributed by atoms with E-state index >= 15 is 0 Å². The first kappa shape index (κ1) is 22.2. The van der Waals surface area contributed by atoms with Crippen molar-refractivity contribution in [2.45, 2.75) is 13.0 Å². The van der Waals surface area contributed by atoms with Gasteiger partial charge in [0.1, 0.15) is 5.57 Å². The highest BCUT2D eigenvalue weighted by Crippen LogP contribution is 2.32. The molecular formula is C26H19Cl2N3O3. The Balaban J connectivity index is 1.42. The average molecular weight is 492 g/mol. The molecule has 0 saturated carbocycles. The van der Waals surface area contributed by atoms with Gasteiger partial charge in [-0.3, -0.25) is 14.9 Å². The third-order valence-corrected chi connectivity index (χ3v) is 6.50. The van der Waals surface area contributed by atoms with Crippen LogP contribution in [0.15, 0.2) is 72.3 Å². The number of anilines is 2. The zero-order valence-electron chi connectivity index (χ0n) is 17.9. The number of imide groups is 2. The largest absolute Gasteiger partial charge is 0.367 e. The molecule has 0 radical (unpaired) electrons. The third-order valence-electron chi connectivity index (χ3n) is 5.89. The van der Waals surface area contributed by atoms with Gasteiger partial charge in [-0.15, -0.1) is 0 Å². The lowest BCUT2D eigenvalue weighted by molar-refractivity contribution is -0.122. The highest BCUT2D eigenvalue weighted by Gasteiger charge is 2.37. The monoisotopic (exact) mass is 491 g/mol. The van der Waals surface area contributed by atoms with Crippen LogP contribution in [0.3, 0.4) is 0 Å². The van der Waals surface area contributed by atoms with E-state index in [9.17, 15) is 14.4 Å². The number of fused-ring (bicyclic) bond motifs is 1. The van der Waals surface area contributed by atoms with Crippen LogP contribution in [0.1, 0.15) is 16.7 Å². The van der Waals surface area contributed by atoms with Gasteiger partial charge in [-0.2, -0.15) is 0 Å². The summed E-state index contributed by atoms with van der Waals surface area (Å²) >= 11 is 12.3. The van der Waals surface area contributed by atoms with Gasteiger partial charge in [0.2, 0.25) is 0 Å². The summed E-state index contributed by atoms with van der Waals surface area (Å²) in [5.74, 6) is -1.43. The lowest BCUT2D eigenvalue weighted by Gasteiger charge is -2.26. The van der Waals surface area contributed by atoms with Gasteiger partial charge >= 0.3 is 6.03 Å². The predicted octanol–water partition coefficient (Wildman–Crippen LogP) is 5.22. The molecule has 34 heavy (non-hydrogen) atoms. The Morgan fingerprint density at radius 3 is 2.56 bits per heavy atom. The van der Waals surface area contributed by atoms with E-state index in [-0.39, 0.29) is 11.3 Å². The second kappa shape index (κ2) is 8.97. The van der Waals surface area contributed by atoms with Crippen LogP contribution in [0.25, 0.3) is 6.08 Å². The fourth-order valence-electron chi connectivity index (χ4n) is 4.25. The van der Waals surface area contributed by atoms with Gasteiger partial charge in [0.15, 0.2) is 0 Å². The summed E-state index contributed by atoms with van der Waals surface area (Å²) in [6.07, 6.45) is 2.35. The van der Waals surface area contributed by atoms with Gasteiger partial charge in [0.25, 0.3) is 11.8 Å². The van der Waals surface area contributed by atoms with Gasteiger partial charge in [0.05, 0.1) is 5.69 Å². The summed E-state index contributed by atoms with van der Waals surface area (Å²) in [5.41, 5.74) is 4.14.